The second kappa shape index (κ2) is 7.21. The molecule has 3 heteroatoms. The SMILES string of the molecule is CCCCSC1CC(CC)CCC1C(=O)O. The lowest BCUT2D eigenvalue weighted by molar-refractivity contribution is -0.142. The van der Waals surface area contributed by atoms with E-state index >= 15 is 0 Å². The predicted molar refractivity (Wildman–Crippen MR) is 69.9 cm³/mol. The molecule has 3 unspecified atom stereocenters. The highest BCUT2D eigenvalue weighted by atomic mass is 32.2. The van der Waals surface area contributed by atoms with Crippen LogP contribution in [0.4, 0.5) is 0 Å². The number of carbonyl (C=O) groups is 1. The van der Waals surface area contributed by atoms with Crippen LogP contribution in [0.2, 0.25) is 0 Å². The van der Waals surface area contributed by atoms with Gasteiger partial charge >= 0.3 is 5.97 Å². The van der Waals surface area contributed by atoms with Gasteiger partial charge in [-0.1, -0.05) is 26.7 Å². The standard InChI is InChI=1S/C13H24O2S/c1-3-5-8-16-12-9-10(4-2)6-7-11(12)13(14)15/h10-12H,3-9H2,1-2H3,(H,14,15). The Labute approximate surface area is 103 Å². The maximum absolute atomic E-state index is 11.2. The molecule has 1 aliphatic rings. The van der Waals surface area contributed by atoms with E-state index < -0.39 is 5.97 Å². The smallest absolute Gasteiger partial charge is 0.307 e. The quantitative estimate of drug-likeness (QED) is 0.722. The summed E-state index contributed by atoms with van der Waals surface area (Å²) in [6, 6.07) is 0. The Morgan fingerprint density at radius 1 is 1.38 bits per heavy atom. The molecule has 0 spiro atoms. The minimum absolute atomic E-state index is 0.0929. The summed E-state index contributed by atoms with van der Waals surface area (Å²) < 4.78 is 0. The summed E-state index contributed by atoms with van der Waals surface area (Å²) in [6.07, 6.45) is 6.73. The summed E-state index contributed by atoms with van der Waals surface area (Å²) >= 11 is 1.90. The van der Waals surface area contributed by atoms with Crippen LogP contribution in [0.3, 0.4) is 0 Å². The van der Waals surface area contributed by atoms with E-state index in [4.69, 9.17) is 0 Å². The van der Waals surface area contributed by atoms with E-state index in [1.165, 1.54) is 19.3 Å². The van der Waals surface area contributed by atoms with Gasteiger partial charge in [-0.05, 0) is 37.4 Å². The second-order valence-electron chi connectivity index (χ2n) is 4.79. The van der Waals surface area contributed by atoms with Crippen molar-refractivity contribution in [2.45, 2.75) is 57.6 Å². The van der Waals surface area contributed by atoms with Crippen LogP contribution in [0, 0.1) is 11.8 Å². The van der Waals surface area contributed by atoms with E-state index in [9.17, 15) is 9.90 Å². The van der Waals surface area contributed by atoms with E-state index in [0.29, 0.717) is 5.25 Å². The summed E-state index contributed by atoms with van der Waals surface area (Å²) in [4.78, 5) is 11.2. The lowest BCUT2D eigenvalue weighted by Crippen LogP contribution is -2.32. The van der Waals surface area contributed by atoms with Crippen molar-refractivity contribution >= 4 is 17.7 Å². The van der Waals surface area contributed by atoms with Crippen molar-refractivity contribution in [1.82, 2.24) is 0 Å². The van der Waals surface area contributed by atoms with E-state index in [-0.39, 0.29) is 5.92 Å². The molecule has 0 amide bonds. The molecule has 94 valence electrons. The highest BCUT2D eigenvalue weighted by Crippen LogP contribution is 2.38. The van der Waals surface area contributed by atoms with E-state index in [1.807, 2.05) is 11.8 Å². The number of unbranched alkanes of at least 4 members (excludes halogenated alkanes) is 1. The molecular weight excluding hydrogens is 220 g/mol. The average molecular weight is 244 g/mol. The monoisotopic (exact) mass is 244 g/mol. The fourth-order valence-corrected chi connectivity index (χ4v) is 4.08. The van der Waals surface area contributed by atoms with Gasteiger partial charge in [-0.15, -0.1) is 0 Å². The van der Waals surface area contributed by atoms with Crippen molar-refractivity contribution in [3.8, 4) is 0 Å². The Kier molecular flexibility index (Phi) is 6.25. The molecule has 0 saturated heterocycles. The summed E-state index contributed by atoms with van der Waals surface area (Å²) in [5.74, 6) is 1.21. The molecule has 0 aromatic rings. The summed E-state index contributed by atoms with van der Waals surface area (Å²) in [6.45, 7) is 4.41. The molecule has 16 heavy (non-hydrogen) atoms. The first kappa shape index (κ1) is 13.9. The van der Waals surface area contributed by atoms with Crippen molar-refractivity contribution in [3.63, 3.8) is 0 Å². The lowest BCUT2D eigenvalue weighted by atomic mass is 9.80. The molecule has 0 heterocycles. The van der Waals surface area contributed by atoms with Crippen LogP contribution in [-0.4, -0.2) is 22.1 Å². The molecule has 2 nitrogen and oxygen atoms in total. The van der Waals surface area contributed by atoms with Crippen molar-refractivity contribution in [1.29, 1.82) is 0 Å². The van der Waals surface area contributed by atoms with Gasteiger partial charge in [-0.3, -0.25) is 4.79 Å². The molecule has 0 aromatic carbocycles. The average Bonchev–Trinajstić information content (AvgIpc) is 2.29. The van der Waals surface area contributed by atoms with Crippen LogP contribution in [0.5, 0.6) is 0 Å². The topological polar surface area (TPSA) is 37.3 Å². The zero-order valence-electron chi connectivity index (χ0n) is 10.4. The molecule has 0 radical (unpaired) electrons. The van der Waals surface area contributed by atoms with Crippen molar-refractivity contribution < 1.29 is 9.90 Å². The first-order valence-electron chi connectivity index (χ1n) is 6.53. The third-order valence-electron chi connectivity index (χ3n) is 3.62. The normalized spacial score (nSPS) is 30.2. The van der Waals surface area contributed by atoms with Gasteiger partial charge in [0.1, 0.15) is 0 Å². The van der Waals surface area contributed by atoms with Gasteiger partial charge < -0.3 is 5.11 Å². The number of rotatable bonds is 6. The number of hydrogen-bond acceptors (Lipinski definition) is 2. The van der Waals surface area contributed by atoms with Crippen LogP contribution in [0.1, 0.15) is 52.4 Å². The highest BCUT2D eigenvalue weighted by Gasteiger charge is 2.34. The summed E-state index contributed by atoms with van der Waals surface area (Å²) in [7, 11) is 0. The first-order chi connectivity index (χ1) is 7.69. The summed E-state index contributed by atoms with van der Waals surface area (Å²) in [5, 5.41) is 9.57. The largest absolute Gasteiger partial charge is 0.481 e. The molecule has 1 fully saturated rings. The van der Waals surface area contributed by atoms with Crippen LogP contribution < -0.4 is 0 Å². The van der Waals surface area contributed by atoms with Gasteiger partial charge in [-0.2, -0.15) is 11.8 Å². The molecule has 1 saturated carbocycles. The Balaban J connectivity index is 2.46. The van der Waals surface area contributed by atoms with Gasteiger partial charge in [0.15, 0.2) is 0 Å². The van der Waals surface area contributed by atoms with Crippen LogP contribution in [-0.2, 0) is 4.79 Å². The number of hydrogen-bond donors (Lipinski definition) is 1. The third kappa shape index (κ3) is 4.00. The van der Waals surface area contributed by atoms with Gasteiger partial charge in [0.05, 0.1) is 5.92 Å². The Morgan fingerprint density at radius 3 is 2.69 bits per heavy atom. The number of carboxylic acid groups (broad SMARTS) is 1. The van der Waals surface area contributed by atoms with Crippen molar-refractivity contribution in [3.05, 3.63) is 0 Å². The van der Waals surface area contributed by atoms with Crippen LogP contribution in [0.15, 0.2) is 0 Å². The molecule has 0 aromatic heterocycles. The maximum atomic E-state index is 11.2. The molecule has 0 bridgehead atoms. The molecule has 1 rings (SSSR count). The minimum Gasteiger partial charge on any atom is -0.481 e. The molecule has 1 N–H and O–H groups in total. The fraction of sp³-hybridized carbons (Fsp3) is 0.923. The number of carboxylic acids is 1. The van der Waals surface area contributed by atoms with Crippen molar-refractivity contribution in [2.24, 2.45) is 11.8 Å². The van der Waals surface area contributed by atoms with Crippen LogP contribution >= 0.6 is 11.8 Å². The van der Waals surface area contributed by atoms with Gasteiger partial charge in [0, 0.05) is 5.25 Å². The minimum atomic E-state index is -0.580. The third-order valence-corrected chi connectivity index (χ3v) is 5.10. The van der Waals surface area contributed by atoms with E-state index in [0.717, 1.165) is 30.9 Å². The molecule has 1 aliphatic carbocycles. The number of thioether (sulfide) groups is 1. The molecule has 0 aliphatic heterocycles. The maximum Gasteiger partial charge on any atom is 0.307 e. The molecular formula is C13H24O2S. The van der Waals surface area contributed by atoms with E-state index in [1.54, 1.807) is 0 Å². The predicted octanol–water partition coefficient (Wildman–Crippen LogP) is 3.80. The van der Waals surface area contributed by atoms with Crippen LogP contribution in [0.25, 0.3) is 0 Å². The zero-order chi connectivity index (χ0) is 12.0. The lowest BCUT2D eigenvalue weighted by Gasteiger charge is -2.33. The Morgan fingerprint density at radius 2 is 2.12 bits per heavy atom. The van der Waals surface area contributed by atoms with Crippen molar-refractivity contribution in [2.75, 3.05) is 5.75 Å². The first-order valence-corrected chi connectivity index (χ1v) is 7.58. The van der Waals surface area contributed by atoms with E-state index in [2.05, 4.69) is 13.8 Å². The van der Waals surface area contributed by atoms with Gasteiger partial charge in [0.2, 0.25) is 0 Å². The van der Waals surface area contributed by atoms with Gasteiger partial charge in [-0.25, -0.2) is 0 Å². The second-order valence-corrected chi connectivity index (χ2v) is 6.14. The number of aliphatic carboxylic acids is 1. The fourth-order valence-electron chi connectivity index (χ4n) is 2.43. The Bertz CT molecular complexity index is 218. The Hall–Kier alpha value is -0.180. The van der Waals surface area contributed by atoms with Gasteiger partial charge in [0.25, 0.3) is 0 Å². The highest BCUT2D eigenvalue weighted by molar-refractivity contribution is 7.99. The molecule has 3 atom stereocenters. The summed E-state index contributed by atoms with van der Waals surface area (Å²) in [5.41, 5.74) is 0. The zero-order valence-corrected chi connectivity index (χ0v) is 11.3.